The number of carbonyl (C=O) groups excluding carboxylic acids is 3. The van der Waals surface area contributed by atoms with Crippen molar-refractivity contribution in [3.05, 3.63) is 50.9 Å². The third-order valence-electron chi connectivity index (χ3n) is 3.07. The van der Waals surface area contributed by atoms with Gasteiger partial charge in [-0.05, 0) is 52.3 Å². The van der Waals surface area contributed by atoms with E-state index in [-0.39, 0.29) is 17.2 Å². The van der Waals surface area contributed by atoms with Crippen LogP contribution in [-0.4, -0.2) is 29.5 Å². The van der Waals surface area contributed by atoms with Crippen LogP contribution in [0.15, 0.2) is 45.3 Å². The summed E-state index contributed by atoms with van der Waals surface area (Å²) in [7, 11) is 0. The smallest absolute Gasteiger partial charge is 0.342 e. The van der Waals surface area contributed by atoms with E-state index in [2.05, 4.69) is 42.5 Å². The summed E-state index contributed by atoms with van der Waals surface area (Å²) in [6.45, 7) is 0.876. The number of aromatic hydroxyl groups is 1. The molecule has 0 fully saturated rings. The van der Waals surface area contributed by atoms with Crippen LogP contribution in [0.25, 0.3) is 0 Å². The maximum atomic E-state index is 12.0. The average Bonchev–Trinajstić information content (AvgIpc) is 2.57. The van der Waals surface area contributed by atoms with Gasteiger partial charge < -0.3 is 20.5 Å². The van der Waals surface area contributed by atoms with Gasteiger partial charge in [0.15, 0.2) is 6.61 Å². The molecule has 0 spiro atoms. The molecule has 0 saturated heterocycles. The van der Waals surface area contributed by atoms with Crippen molar-refractivity contribution >= 4 is 61.0 Å². The van der Waals surface area contributed by atoms with Gasteiger partial charge in [-0.15, -0.1) is 0 Å². The predicted octanol–water partition coefficient (Wildman–Crippen LogP) is 3.67. The molecular formula is C17H14Br2N2O5. The summed E-state index contributed by atoms with van der Waals surface area (Å²) in [4.78, 5) is 34.9. The van der Waals surface area contributed by atoms with Crippen LogP contribution in [0.5, 0.6) is 5.75 Å². The second-order valence-electron chi connectivity index (χ2n) is 5.17. The van der Waals surface area contributed by atoms with E-state index in [0.29, 0.717) is 20.3 Å². The molecule has 2 aromatic rings. The van der Waals surface area contributed by atoms with E-state index in [1.807, 2.05) is 0 Å². The van der Waals surface area contributed by atoms with E-state index in [1.165, 1.54) is 13.0 Å². The monoisotopic (exact) mass is 484 g/mol. The second kappa shape index (κ2) is 8.81. The molecule has 0 saturated carbocycles. The molecule has 3 N–H and O–H groups in total. The van der Waals surface area contributed by atoms with Crippen LogP contribution in [0.3, 0.4) is 0 Å². The van der Waals surface area contributed by atoms with Gasteiger partial charge in [-0.25, -0.2) is 4.79 Å². The van der Waals surface area contributed by atoms with Gasteiger partial charge >= 0.3 is 5.97 Å². The van der Waals surface area contributed by atoms with E-state index < -0.39 is 18.5 Å². The summed E-state index contributed by atoms with van der Waals surface area (Å²) in [5.41, 5.74) is 1.00. The number of hydrogen-bond acceptors (Lipinski definition) is 5. The highest BCUT2D eigenvalue weighted by atomic mass is 79.9. The molecule has 0 aliphatic rings. The fraction of sp³-hybridized carbons (Fsp3) is 0.118. The molecule has 2 rings (SSSR count). The standard InChI is InChI=1S/C17H14Br2N2O5/c1-9(22)20-11-2-4-12(5-3-11)21-15(23)8-26-17(25)13-6-10(18)7-14(19)16(13)24/h2-7,24H,8H2,1H3,(H,20,22)(H,21,23). The molecular weight excluding hydrogens is 472 g/mol. The fourth-order valence-corrected chi connectivity index (χ4v) is 3.19. The molecule has 0 aromatic heterocycles. The van der Waals surface area contributed by atoms with Crippen molar-refractivity contribution in [2.24, 2.45) is 0 Å². The highest BCUT2D eigenvalue weighted by Crippen LogP contribution is 2.32. The van der Waals surface area contributed by atoms with Crippen molar-refractivity contribution in [3.8, 4) is 5.75 Å². The molecule has 0 radical (unpaired) electrons. The normalized spacial score (nSPS) is 10.1. The number of amides is 2. The molecule has 0 aliphatic heterocycles. The van der Waals surface area contributed by atoms with Crippen molar-refractivity contribution in [1.82, 2.24) is 0 Å². The molecule has 0 atom stereocenters. The predicted molar refractivity (Wildman–Crippen MR) is 103 cm³/mol. The summed E-state index contributed by atoms with van der Waals surface area (Å²) in [6.07, 6.45) is 0. The minimum atomic E-state index is -0.833. The van der Waals surface area contributed by atoms with E-state index in [9.17, 15) is 19.5 Å². The van der Waals surface area contributed by atoms with E-state index in [4.69, 9.17) is 4.74 Å². The molecule has 7 nitrogen and oxygen atoms in total. The van der Waals surface area contributed by atoms with Crippen LogP contribution in [0.4, 0.5) is 11.4 Å². The number of phenolic OH excluding ortho intramolecular Hbond substituents is 1. The number of phenols is 1. The van der Waals surface area contributed by atoms with Gasteiger partial charge in [0.25, 0.3) is 5.91 Å². The minimum absolute atomic E-state index is 0.0706. The van der Waals surface area contributed by atoms with Gasteiger partial charge in [-0.1, -0.05) is 15.9 Å². The Hall–Kier alpha value is -2.39. The van der Waals surface area contributed by atoms with E-state index >= 15 is 0 Å². The van der Waals surface area contributed by atoms with Crippen molar-refractivity contribution < 1.29 is 24.2 Å². The molecule has 0 bridgehead atoms. The summed E-state index contributed by atoms with van der Waals surface area (Å²) < 4.78 is 5.81. The van der Waals surface area contributed by atoms with E-state index in [1.54, 1.807) is 30.3 Å². The van der Waals surface area contributed by atoms with Crippen molar-refractivity contribution in [2.75, 3.05) is 17.2 Å². The maximum absolute atomic E-state index is 12.0. The van der Waals surface area contributed by atoms with Gasteiger partial charge in [0.1, 0.15) is 11.3 Å². The number of esters is 1. The third kappa shape index (κ3) is 5.57. The van der Waals surface area contributed by atoms with Crippen LogP contribution < -0.4 is 10.6 Å². The molecule has 0 heterocycles. The lowest BCUT2D eigenvalue weighted by Crippen LogP contribution is -2.21. The average molecular weight is 486 g/mol. The molecule has 136 valence electrons. The molecule has 2 amide bonds. The summed E-state index contributed by atoms with van der Waals surface area (Å²) >= 11 is 6.32. The lowest BCUT2D eigenvalue weighted by Gasteiger charge is -2.09. The van der Waals surface area contributed by atoms with Gasteiger partial charge in [0.2, 0.25) is 5.91 Å². The van der Waals surface area contributed by atoms with Crippen molar-refractivity contribution in [3.63, 3.8) is 0 Å². The molecule has 2 aromatic carbocycles. The Bertz CT molecular complexity index is 853. The topological polar surface area (TPSA) is 105 Å². The highest BCUT2D eigenvalue weighted by Gasteiger charge is 2.17. The number of hydrogen-bond donors (Lipinski definition) is 3. The van der Waals surface area contributed by atoms with Gasteiger partial charge in [-0.3, -0.25) is 9.59 Å². The summed E-state index contributed by atoms with van der Waals surface area (Å²) in [5.74, 6) is -1.84. The van der Waals surface area contributed by atoms with Crippen molar-refractivity contribution in [2.45, 2.75) is 6.92 Å². The lowest BCUT2D eigenvalue weighted by molar-refractivity contribution is -0.119. The fourth-order valence-electron chi connectivity index (χ4n) is 1.97. The minimum Gasteiger partial charge on any atom is -0.506 e. The largest absolute Gasteiger partial charge is 0.506 e. The van der Waals surface area contributed by atoms with Gasteiger partial charge in [0, 0.05) is 22.8 Å². The SMILES string of the molecule is CC(=O)Nc1ccc(NC(=O)COC(=O)c2cc(Br)cc(Br)c2O)cc1. The lowest BCUT2D eigenvalue weighted by atomic mass is 10.2. The zero-order chi connectivity index (χ0) is 19.3. The summed E-state index contributed by atoms with van der Waals surface area (Å²) in [6, 6.07) is 9.41. The number of halogens is 2. The quantitative estimate of drug-likeness (QED) is 0.560. The number of anilines is 2. The van der Waals surface area contributed by atoms with Crippen LogP contribution in [0.2, 0.25) is 0 Å². The molecule has 0 aliphatic carbocycles. The van der Waals surface area contributed by atoms with Gasteiger partial charge in [0.05, 0.1) is 4.47 Å². The Labute approximate surface area is 166 Å². The number of ether oxygens (including phenoxy) is 1. The van der Waals surface area contributed by atoms with Gasteiger partial charge in [-0.2, -0.15) is 0 Å². The van der Waals surface area contributed by atoms with Crippen LogP contribution in [0, 0.1) is 0 Å². The number of rotatable bonds is 5. The molecule has 9 heteroatoms. The first-order valence-electron chi connectivity index (χ1n) is 7.29. The van der Waals surface area contributed by atoms with Crippen molar-refractivity contribution in [1.29, 1.82) is 0 Å². The first kappa shape index (κ1) is 19.9. The van der Waals surface area contributed by atoms with Crippen LogP contribution in [0.1, 0.15) is 17.3 Å². The number of carbonyl (C=O) groups is 3. The molecule has 26 heavy (non-hydrogen) atoms. The Kier molecular flexibility index (Phi) is 6.76. The zero-order valence-corrected chi connectivity index (χ0v) is 16.7. The number of benzene rings is 2. The first-order chi connectivity index (χ1) is 12.3. The Morgan fingerprint density at radius 3 is 2.19 bits per heavy atom. The highest BCUT2D eigenvalue weighted by molar-refractivity contribution is 9.11. The Balaban J connectivity index is 1.92. The van der Waals surface area contributed by atoms with E-state index in [0.717, 1.165) is 0 Å². The second-order valence-corrected chi connectivity index (χ2v) is 6.94. The Morgan fingerprint density at radius 1 is 1.04 bits per heavy atom. The number of nitrogens with one attached hydrogen (secondary N) is 2. The van der Waals surface area contributed by atoms with Crippen LogP contribution in [-0.2, 0) is 14.3 Å². The summed E-state index contributed by atoms with van der Waals surface area (Å²) in [5, 5.41) is 15.0. The maximum Gasteiger partial charge on any atom is 0.342 e. The zero-order valence-electron chi connectivity index (χ0n) is 13.5. The van der Waals surface area contributed by atoms with Crippen LogP contribution >= 0.6 is 31.9 Å². The Morgan fingerprint density at radius 2 is 1.62 bits per heavy atom. The first-order valence-corrected chi connectivity index (χ1v) is 8.87. The third-order valence-corrected chi connectivity index (χ3v) is 4.13. The molecule has 0 unspecified atom stereocenters.